The number of fused-ring (bicyclic) bond motifs is 4. The molecular formula is C93H112N24O12S. The summed E-state index contributed by atoms with van der Waals surface area (Å²) in [6.45, 7) is 0.396. The number of amides is 12. The molecule has 0 aliphatic heterocycles. The van der Waals surface area contributed by atoms with Crippen molar-refractivity contribution in [2.24, 2.45) is 34.4 Å². The molecule has 682 valence electrons. The van der Waals surface area contributed by atoms with Gasteiger partial charge in [-0.1, -0.05) is 133 Å². The molecule has 28 N–H and O–H groups in total. The number of para-hydroxylation sites is 4. The molecule has 0 radical (unpaired) electrons. The van der Waals surface area contributed by atoms with Gasteiger partial charge in [-0.25, -0.2) is 9.97 Å². The number of unbranched alkanes of at least 4 members (excludes halogenated alkanes) is 2. The predicted octanol–water partition coefficient (Wildman–Crippen LogP) is 2.15. The van der Waals surface area contributed by atoms with Crippen LogP contribution >= 0.6 is 11.8 Å². The van der Waals surface area contributed by atoms with E-state index in [0.717, 1.165) is 55.4 Å². The van der Waals surface area contributed by atoms with E-state index in [1.54, 1.807) is 97.8 Å². The van der Waals surface area contributed by atoms with Crippen LogP contribution in [0.15, 0.2) is 208 Å². The average Bonchev–Trinajstić information content (AvgIpc) is 1.69. The summed E-state index contributed by atoms with van der Waals surface area (Å²) in [5, 5.41) is 31.4. The average molecular weight is 1790 g/mol. The van der Waals surface area contributed by atoms with Crippen LogP contribution in [0.2, 0.25) is 0 Å². The number of aromatic amines is 6. The third-order valence-corrected chi connectivity index (χ3v) is 23.8. The summed E-state index contributed by atoms with van der Waals surface area (Å²) in [5.74, 6) is -10.1. The lowest BCUT2D eigenvalue weighted by molar-refractivity contribution is -0.135. The van der Waals surface area contributed by atoms with Crippen LogP contribution < -0.4 is 87.6 Å². The first-order chi connectivity index (χ1) is 62.9. The van der Waals surface area contributed by atoms with E-state index >= 15 is 28.8 Å². The monoisotopic (exact) mass is 1790 g/mol. The van der Waals surface area contributed by atoms with E-state index in [1.807, 2.05) is 97.1 Å². The highest BCUT2D eigenvalue weighted by molar-refractivity contribution is 7.99. The number of nitrogens with two attached hydrogens (primary N) is 6. The minimum Gasteiger partial charge on any atom is -0.368 e. The van der Waals surface area contributed by atoms with Gasteiger partial charge in [0.2, 0.25) is 70.9 Å². The minimum atomic E-state index is -1.50. The summed E-state index contributed by atoms with van der Waals surface area (Å²) < 4.78 is 0. The van der Waals surface area contributed by atoms with Gasteiger partial charge in [-0.3, -0.25) is 57.5 Å². The number of hydrogen-bond acceptors (Lipinski definition) is 19. The first kappa shape index (κ1) is 94.9. The summed E-state index contributed by atoms with van der Waals surface area (Å²) >= 11 is 1.06. The maximum absolute atomic E-state index is 15.3. The molecule has 6 heterocycles. The Morgan fingerprint density at radius 1 is 0.300 bits per heavy atom. The van der Waals surface area contributed by atoms with Gasteiger partial charge in [0, 0.05) is 138 Å². The summed E-state index contributed by atoms with van der Waals surface area (Å²) in [6.07, 6.45) is 13.2. The van der Waals surface area contributed by atoms with E-state index < -0.39 is 143 Å². The van der Waals surface area contributed by atoms with Gasteiger partial charge >= 0.3 is 0 Å². The second-order valence-electron chi connectivity index (χ2n) is 32.2. The Balaban J connectivity index is 0.782. The van der Waals surface area contributed by atoms with Crippen molar-refractivity contribution in [2.75, 3.05) is 24.6 Å². The van der Waals surface area contributed by atoms with E-state index in [9.17, 15) is 28.8 Å². The highest BCUT2D eigenvalue weighted by Gasteiger charge is 2.38. The van der Waals surface area contributed by atoms with E-state index in [-0.39, 0.29) is 108 Å². The maximum Gasteiger partial charge on any atom is 0.244 e. The van der Waals surface area contributed by atoms with Gasteiger partial charge in [0.15, 0.2) is 0 Å². The standard InChI is InChI=1S/C93H112N24O12S/c94-34-17-15-31-72(86(122)113-77(37-54-19-3-1-4-20-54)89(125)115-79(41-58-47-104-70-29-13-9-25-64(58)70)91(127)111-75(82(98)118)39-56-45-102-68-27-11-7-23-62(56)68)109-88(124)74(108-84(120)66(96)43-60-49-100-52-106-60)33-36-130-51-81(117-85(121)67(97)44-61-50-101-53-107-61)93(129)110-73(32-16-18-35-95)87(123)114-78(38-55-21-5-2-6-22-55)90(126)116-80(42-59-48-105-71-30-14-10-26-65(59)71)92(128)112-76(83(99)119)40-57-46-103-69-28-12-8-24-63(57)69/h1-14,19-30,45-50,52-53,66-67,72-81,102-105H,15-18,31-44,51,94-97H2,(H2,98,118)(H2,99,119)(H,100,106)(H,101,107)(H,108,120)(H,109,124)(H,110,129)(H,111,127)(H,112,128)(H,113,122)(H,114,123)(H,115,125)(H,116,126)(H,117,121)/t66-,67-,72-,73-,74-,75-,76-,77-,78-,79-,80-,81-/m0/s1. The van der Waals surface area contributed by atoms with E-state index in [1.165, 1.54) is 12.7 Å². The first-order valence-electron chi connectivity index (χ1n) is 43.3. The fourth-order valence-electron chi connectivity index (χ4n) is 15.6. The number of nitrogens with zero attached hydrogens (tertiary/aromatic N) is 2. The third kappa shape index (κ3) is 26.7. The molecule has 36 nitrogen and oxygen atoms in total. The summed E-state index contributed by atoms with van der Waals surface area (Å²) in [7, 11) is 0. The van der Waals surface area contributed by atoms with Crippen LogP contribution in [-0.2, 0) is 109 Å². The SMILES string of the molecule is NCCCC[C@H](NC(=O)[C@H](CCSC[C@H](NC(=O)[C@@H](N)Cc1c[nH]cn1)C(=O)N[C@@H](CCCCN)C(=O)N[C@@H](Cc1ccccc1)C(=O)N[C@@H](Cc1c[nH]c2ccccc12)C(=O)N[C@@H](Cc1c[nH]c2ccccc12)C(N)=O)NC(=O)[C@@H](N)Cc1c[nH]cn1)C(=O)N[C@@H](Cc1ccccc1)C(=O)N[C@@H](Cc1c[nH]c2ccccc12)C(=O)N[C@@H](Cc1c[nH]c2ccccc12)C(N)=O. The van der Waals surface area contributed by atoms with Gasteiger partial charge in [0.05, 0.1) is 36.1 Å². The van der Waals surface area contributed by atoms with Crippen molar-refractivity contribution in [3.63, 3.8) is 0 Å². The van der Waals surface area contributed by atoms with Gasteiger partial charge in [-0.15, -0.1) is 0 Å². The maximum atomic E-state index is 15.3. The fraction of sp³-hybridized carbons (Fsp3) is 0.333. The molecule has 0 aliphatic carbocycles. The lowest BCUT2D eigenvalue weighted by atomic mass is 10.00. The Labute approximate surface area is 753 Å². The van der Waals surface area contributed by atoms with Crippen molar-refractivity contribution >= 4 is 126 Å². The molecule has 130 heavy (non-hydrogen) atoms. The van der Waals surface area contributed by atoms with Crippen molar-refractivity contribution in [3.05, 3.63) is 252 Å². The number of imidazole rings is 2. The fourth-order valence-corrected chi connectivity index (χ4v) is 16.7. The normalized spacial score (nSPS) is 14.2. The lowest BCUT2D eigenvalue weighted by Crippen LogP contribution is -2.60. The molecule has 0 spiro atoms. The van der Waals surface area contributed by atoms with Crippen molar-refractivity contribution < 1.29 is 57.5 Å². The zero-order valence-electron chi connectivity index (χ0n) is 71.7. The van der Waals surface area contributed by atoms with Crippen molar-refractivity contribution in [1.29, 1.82) is 0 Å². The molecule has 0 unspecified atom stereocenters. The van der Waals surface area contributed by atoms with Crippen LogP contribution in [-0.4, -0.2) is 208 Å². The number of primary amides is 2. The topological polar surface area (TPSA) is 602 Å². The van der Waals surface area contributed by atoms with Gasteiger partial charge < -0.3 is 117 Å². The molecule has 12 amide bonds. The Morgan fingerprint density at radius 3 is 0.908 bits per heavy atom. The zero-order valence-corrected chi connectivity index (χ0v) is 72.5. The van der Waals surface area contributed by atoms with Crippen LogP contribution in [0.3, 0.4) is 0 Å². The number of aromatic nitrogens is 8. The molecule has 12 aromatic rings. The van der Waals surface area contributed by atoms with Gasteiger partial charge in [0.25, 0.3) is 0 Å². The predicted molar refractivity (Wildman–Crippen MR) is 494 cm³/mol. The number of benzene rings is 6. The summed E-state index contributed by atoms with van der Waals surface area (Å²) in [6, 6.07) is 30.6. The number of thioether (sulfide) groups is 1. The molecule has 0 fully saturated rings. The quantitative estimate of drug-likeness (QED) is 0.0243. The third-order valence-electron chi connectivity index (χ3n) is 22.7. The minimum absolute atomic E-state index is 0.000144. The molecule has 12 atom stereocenters. The Hall–Kier alpha value is -14.3. The lowest BCUT2D eigenvalue weighted by Gasteiger charge is -2.28. The molecule has 0 bridgehead atoms. The van der Waals surface area contributed by atoms with Crippen LogP contribution in [0, 0.1) is 0 Å². The smallest absolute Gasteiger partial charge is 0.244 e. The van der Waals surface area contributed by atoms with Crippen LogP contribution in [0.1, 0.15) is 89.7 Å². The molecule has 37 heteroatoms. The number of H-pyrrole nitrogens is 6. The summed E-state index contributed by atoms with van der Waals surface area (Å²) in [5.41, 5.74) is 44.9. The molecular weight excluding hydrogens is 1680 g/mol. The molecule has 6 aromatic heterocycles. The number of hydrogen-bond donors (Lipinski definition) is 22. The van der Waals surface area contributed by atoms with E-state index in [4.69, 9.17) is 34.4 Å². The van der Waals surface area contributed by atoms with Crippen LogP contribution in [0.4, 0.5) is 0 Å². The molecule has 0 saturated carbocycles. The van der Waals surface area contributed by atoms with Crippen LogP contribution in [0.5, 0.6) is 0 Å². The van der Waals surface area contributed by atoms with Gasteiger partial charge in [0.1, 0.15) is 60.4 Å². The van der Waals surface area contributed by atoms with E-state index in [0.29, 0.717) is 57.6 Å². The molecule has 12 rings (SSSR count). The number of rotatable bonds is 51. The van der Waals surface area contributed by atoms with E-state index in [2.05, 4.69) is 93.0 Å². The first-order valence-corrected chi connectivity index (χ1v) is 44.5. The zero-order chi connectivity index (χ0) is 92.0. The largest absolute Gasteiger partial charge is 0.368 e. The molecule has 6 aromatic carbocycles. The second kappa shape index (κ2) is 47.0. The number of carbonyl (C=O) groups is 12. The number of carbonyl (C=O) groups excluding carboxylic acids is 12. The van der Waals surface area contributed by atoms with Crippen molar-refractivity contribution in [2.45, 2.75) is 169 Å². The molecule has 0 aliphatic rings. The Bertz CT molecular complexity index is 5470. The highest BCUT2D eigenvalue weighted by Crippen LogP contribution is 2.26. The highest BCUT2D eigenvalue weighted by atomic mass is 32.2. The van der Waals surface area contributed by atoms with Gasteiger partial charge in [-0.2, -0.15) is 11.8 Å². The Morgan fingerprint density at radius 2 is 0.577 bits per heavy atom. The van der Waals surface area contributed by atoms with Crippen molar-refractivity contribution in [1.82, 2.24) is 93.0 Å². The molecule has 0 saturated heterocycles. The van der Waals surface area contributed by atoms with Gasteiger partial charge in [-0.05, 0) is 121 Å². The Kier molecular flexibility index (Phi) is 34.3. The van der Waals surface area contributed by atoms with Crippen molar-refractivity contribution in [3.8, 4) is 0 Å². The van der Waals surface area contributed by atoms with Crippen LogP contribution in [0.25, 0.3) is 43.6 Å². The number of nitrogens with one attached hydrogen (secondary N) is 16. The summed E-state index contributed by atoms with van der Waals surface area (Å²) in [4.78, 5) is 203. The second-order valence-corrected chi connectivity index (χ2v) is 33.4.